The lowest BCUT2D eigenvalue weighted by Gasteiger charge is -2.17. The Labute approximate surface area is 165 Å². The maximum atomic E-state index is 12.8. The molecule has 1 aromatic heterocycles. The van der Waals surface area contributed by atoms with Crippen LogP contribution in [0.1, 0.15) is 57.8 Å². The van der Waals surface area contributed by atoms with E-state index in [9.17, 15) is 19.5 Å². The zero-order valence-corrected chi connectivity index (χ0v) is 17.3. The third-order valence-corrected chi connectivity index (χ3v) is 4.66. The van der Waals surface area contributed by atoms with Gasteiger partial charge in [0.15, 0.2) is 0 Å². The standard InChI is InChI=1S/C22H30N2O4/c1-14(2)10-11-19(25)23-17(20(26)27)12-15-13-24(21(28)22(3,4)5)18-9-7-6-8-16(15)18/h6-9,13-14,17H,10-12H2,1-5H3,(H,23,25)(H,26,27)/t17-/m0/s1. The van der Waals surface area contributed by atoms with Gasteiger partial charge in [-0.15, -0.1) is 0 Å². The Morgan fingerprint density at radius 3 is 2.36 bits per heavy atom. The van der Waals surface area contributed by atoms with Crippen molar-refractivity contribution < 1.29 is 19.5 Å². The molecule has 0 saturated carbocycles. The van der Waals surface area contributed by atoms with Crippen LogP contribution >= 0.6 is 0 Å². The van der Waals surface area contributed by atoms with Crippen LogP contribution in [0.3, 0.4) is 0 Å². The summed E-state index contributed by atoms with van der Waals surface area (Å²) >= 11 is 0. The third-order valence-electron chi connectivity index (χ3n) is 4.66. The lowest BCUT2D eigenvalue weighted by Crippen LogP contribution is -2.42. The van der Waals surface area contributed by atoms with Crippen LogP contribution in [0, 0.1) is 11.3 Å². The van der Waals surface area contributed by atoms with Crippen LogP contribution in [-0.2, 0) is 16.0 Å². The van der Waals surface area contributed by atoms with E-state index in [0.717, 1.165) is 16.5 Å². The van der Waals surface area contributed by atoms with Crippen molar-refractivity contribution in [3.63, 3.8) is 0 Å². The van der Waals surface area contributed by atoms with Crippen molar-refractivity contribution in [2.45, 2.75) is 59.9 Å². The number of fused-ring (bicyclic) bond motifs is 1. The predicted molar refractivity (Wildman–Crippen MR) is 109 cm³/mol. The van der Waals surface area contributed by atoms with Crippen molar-refractivity contribution in [2.24, 2.45) is 11.3 Å². The maximum absolute atomic E-state index is 12.8. The third kappa shape index (κ3) is 5.21. The summed E-state index contributed by atoms with van der Waals surface area (Å²) in [6, 6.07) is 6.38. The van der Waals surface area contributed by atoms with E-state index < -0.39 is 17.4 Å². The van der Waals surface area contributed by atoms with Crippen LogP contribution in [0.4, 0.5) is 0 Å². The normalized spacial score (nSPS) is 12.9. The minimum atomic E-state index is -1.09. The number of aliphatic carboxylic acids is 1. The van der Waals surface area contributed by atoms with Crippen LogP contribution in [0.5, 0.6) is 0 Å². The second kappa shape index (κ2) is 8.59. The molecule has 0 aliphatic heterocycles. The van der Waals surface area contributed by atoms with E-state index in [2.05, 4.69) is 5.32 Å². The molecule has 6 heteroatoms. The number of aromatic nitrogens is 1. The molecule has 6 nitrogen and oxygen atoms in total. The number of nitrogens with zero attached hydrogens (tertiary/aromatic N) is 1. The van der Waals surface area contributed by atoms with E-state index in [4.69, 9.17) is 0 Å². The van der Waals surface area contributed by atoms with E-state index in [1.165, 1.54) is 0 Å². The van der Waals surface area contributed by atoms with Gasteiger partial charge in [-0.25, -0.2) is 4.79 Å². The zero-order valence-electron chi connectivity index (χ0n) is 17.3. The summed E-state index contributed by atoms with van der Waals surface area (Å²) in [4.78, 5) is 36.7. The summed E-state index contributed by atoms with van der Waals surface area (Å²) in [6.45, 7) is 9.57. The molecule has 0 saturated heterocycles. The van der Waals surface area contributed by atoms with Crippen molar-refractivity contribution in [1.82, 2.24) is 9.88 Å². The average molecular weight is 386 g/mol. The van der Waals surface area contributed by atoms with Gasteiger partial charge >= 0.3 is 5.97 Å². The number of nitrogens with one attached hydrogen (secondary N) is 1. The smallest absolute Gasteiger partial charge is 0.326 e. The van der Waals surface area contributed by atoms with Gasteiger partial charge < -0.3 is 10.4 Å². The van der Waals surface area contributed by atoms with Crippen LogP contribution < -0.4 is 5.32 Å². The maximum Gasteiger partial charge on any atom is 0.326 e. The molecule has 1 aromatic carbocycles. The Morgan fingerprint density at radius 2 is 1.79 bits per heavy atom. The van der Waals surface area contributed by atoms with E-state index in [-0.39, 0.29) is 18.2 Å². The Morgan fingerprint density at radius 1 is 1.14 bits per heavy atom. The molecule has 0 bridgehead atoms. The quantitative estimate of drug-likeness (QED) is 0.756. The van der Waals surface area contributed by atoms with E-state index in [0.29, 0.717) is 18.8 Å². The van der Waals surface area contributed by atoms with Gasteiger partial charge in [0.05, 0.1) is 5.52 Å². The topological polar surface area (TPSA) is 88.4 Å². The molecular formula is C22H30N2O4. The van der Waals surface area contributed by atoms with Crippen molar-refractivity contribution in [3.05, 3.63) is 36.0 Å². The first-order valence-electron chi connectivity index (χ1n) is 9.66. The lowest BCUT2D eigenvalue weighted by molar-refractivity contribution is -0.141. The summed E-state index contributed by atoms with van der Waals surface area (Å²) < 4.78 is 1.59. The zero-order chi connectivity index (χ0) is 21.1. The molecule has 1 atom stereocenters. The van der Waals surface area contributed by atoms with Gasteiger partial charge in [0.1, 0.15) is 6.04 Å². The van der Waals surface area contributed by atoms with E-state index in [1.807, 2.05) is 58.9 Å². The second-order valence-corrected chi connectivity index (χ2v) is 8.69. The van der Waals surface area contributed by atoms with Gasteiger partial charge in [-0.3, -0.25) is 14.2 Å². The summed E-state index contributed by atoms with van der Waals surface area (Å²) in [5, 5.41) is 13.0. The number of benzene rings is 1. The molecule has 1 amide bonds. The van der Waals surface area contributed by atoms with Gasteiger partial charge in [0.2, 0.25) is 11.8 Å². The second-order valence-electron chi connectivity index (χ2n) is 8.69. The SMILES string of the molecule is CC(C)CCC(=O)N[C@@H](Cc1cn(C(=O)C(C)(C)C)c2ccccc12)C(=O)O. The molecular weight excluding hydrogens is 356 g/mol. The minimum absolute atomic E-state index is 0.0669. The highest BCUT2D eigenvalue weighted by Crippen LogP contribution is 2.26. The Hall–Kier alpha value is -2.63. The molecule has 2 N–H and O–H groups in total. The largest absolute Gasteiger partial charge is 0.480 e. The van der Waals surface area contributed by atoms with Crippen molar-refractivity contribution in [1.29, 1.82) is 0 Å². The highest BCUT2D eigenvalue weighted by atomic mass is 16.4. The first-order chi connectivity index (χ1) is 13.0. The molecule has 0 fully saturated rings. The first-order valence-corrected chi connectivity index (χ1v) is 9.66. The lowest BCUT2D eigenvalue weighted by atomic mass is 9.95. The molecule has 28 heavy (non-hydrogen) atoms. The number of para-hydroxylation sites is 1. The number of hydrogen-bond donors (Lipinski definition) is 2. The summed E-state index contributed by atoms with van der Waals surface area (Å²) in [6.07, 6.45) is 2.82. The number of amides is 1. The van der Waals surface area contributed by atoms with Crippen molar-refractivity contribution in [3.8, 4) is 0 Å². The highest BCUT2D eigenvalue weighted by molar-refractivity contribution is 5.97. The van der Waals surface area contributed by atoms with Gasteiger partial charge in [-0.05, 0) is 24.0 Å². The number of carboxylic acids is 1. The van der Waals surface area contributed by atoms with Crippen molar-refractivity contribution >= 4 is 28.7 Å². The molecule has 0 unspecified atom stereocenters. The molecule has 1 heterocycles. The molecule has 2 rings (SSSR count). The Bertz CT molecular complexity index is 874. The van der Waals surface area contributed by atoms with E-state index >= 15 is 0 Å². The fraction of sp³-hybridized carbons (Fsp3) is 0.500. The monoisotopic (exact) mass is 386 g/mol. The van der Waals surface area contributed by atoms with Gasteiger partial charge in [-0.2, -0.15) is 0 Å². The number of rotatable bonds is 7. The Kier molecular flexibility index (Phi) is 6.65. The summed E-state index contributed by atoms with van der Waals surface area (Å²) in [5.74, 6) is -1.05. The molecule has 0 radical (unpaired) electrons. The fourth-order valence-electron chi connectivity index (χ4n) is 3.05. The molecule has 0 aliphatic carbocycles. The minimum Gasteiger partial charge on any atom is -0.480 e. The van der Waals surface area contributed by atoms with Crippen LogP contribution in [0.25, 0.3) is 10.9 Å². The van der Waals surface area contributed by atoms with Crippen molar-refractivity contribution in [2.75, 3.05) is 0 Å². The Balaban J connectivity index is 2.32. The highest BCUT2D eigenvalue weighted by Gasteiger charge is 2.27. The number of hydrogen-bond acceptors (Lipinski definition) is 3. The molecule has 152 valence electrons. The van der Waals surface area contributed by atoms with Gasteiger partial charge in [0.25, 0.3) is 0 Å². The average Bonchev–Trinajstić information content (AvgIpc) is 2.96. The van der Waals surface area contributed by atoms with Crippen LogP contribution in [0.15, 0.2) is 30.5 Å². The first kappa shape index (κ1) is 21.7. The fourth-order valence-corrected chi connectivity index (χ4v) is 3.05. The van der Waals surface area contributed by atoms with Crippen LogP contribution in [-0.4, -0.2) is 33.5 Å². The van der Waals surface area contributed by atoms with E-state index in [1.54, 1.807) is 10.8 Å². The predicted octanol–water partition coefficient (Wildman–Crippen LogP) is 3.88. The molecule has 2 aromatic rings. The summed E-state index contributed by atoms with van der Waals surface area (Å²) in [5.41, 5.74) is 0.897. The summed E-state index contributed by atoms with van der Waals surface area (Å²) in [7, 11) is 0. The van der Waals surface area contributed by atoms with Crippen LogP contribution in [0.2, 0.25) is 0 Å². The number of carbonyl (C=O) groups excluding carboxylic acids is 2. The van der Waals surface area contributed by atoms with Gasteiger partial charge in [0, 0.05) is 29.8 Å². The molecule has 0 aliphatic rings. The van der Waals surface area contributed by atoms with Gasteiger partial charge in [-0.1, -0.05) is 52.8 Å². The number of carboxylic acid groups (broad SMARTS) is 1. The number of carbonyl (C=O) groups is 3. The molecule has 0 spiro atoms.